The highest BCUT2D eigenvalue weighted by Gasteiger charge is 2.19. The maximum absolute atomic E-state index is 6.24. The second-order valence-corrected chi connectivity index (χ2v) is 5.72. The summed E-state index contributed by atoms with van der Waals surface area (Å²) in [5, 5.41) is 5.19. The number of benzene rings is 1. The average Bonchev–Trinajstić information content (AvgIpc) is 2.84. The molecule has 1 aromatic heterocycles. The van der Waals surface area contributed by atoms with Gasteiger partial charge in [0.25, 0.3) is 0 Å². The van der Waals surface area contributed by atoms with Crippen molar-refractivity contribution >= 4 is 34.8 Å². The van der Waals surface area contributed by atoms with E-state index in [1.54, 1.807) is 6.26 Å². The Morgan fingerprint density at radius 2 is 1.85 bits per heavy atom. The molecule has 1 aromatic carbocycles. The second kappa shape index (κ2) is 7.37. The van der Waals surface area contributed by atoms with E-state index in [2.05, 4.69) is 12.2 Å². The molecule has 2 nitrogen and oxygen atoms in total. The second-order valence-electron chi connectivity index (χ2n) is 4.56. The fraction of sp³-hybridized carbons (Fsp3) is 0.333. The van der Waals surface area contributed by atoms with Crippen LogP contribution in [0.15, 0.2) is 34.9 Å². The third kappa shape index (κ3) is 3.70. The Labute approximate surface area is 134 Å². The number of furan rings is 1. The van der Waals surface area contributed by atoms with E-state index in [0.29, 0.717) is 21.7 Å². The SMILES string of the molecule is CCCNC(Cc1c(Cl)cccc1Cl)c1ccoc1Cl. The first kappa shape index (κ1) is 15.7. The molecule has 0 aliphatic carbocycles. The Hall–Kier alpha value is -0.670. The van der Waals surface area contributed by atoms with Gasteiger partial charge in [-0.3, -0.25) is 0 Å². The minimum atomic E-state index is 0.0265. The van der Waals surface area contributed by atoms with Crippen molar-refractivity contribution < 1.29 is 4.42 Å². The summed E-state index contributed by atoms with van der Waals surface area (Å²) in [6, 6.07) is 7.43. The van der Waals surface area contributed by atoms with Crippen LogP contribution >= 0.6 is 34.8 Å². The van der Waals surface area contributed by atoms with Gasteiger partial charge in [0.2, 0.25) is 0 Å². The van der Waals surface area contributed by atoms with E-state index in [0.717, 1.165) is 24.1 Å². The number of halogens is 3. The molecular formula is C15H16Cl3NO. The molecule has 1 atom stereocenters. The van der Waals surface area contributed by atoms with Crippen LogP contribution in [0.4, 0.5) is 0 Å². The zero-order valence-electron chi connectivity index (χ0n) is 11.1. The fourth-order valence-electron chi connectivity index (χ4n) is 2.10. The molecule has 2 rings (SSSR count). The minimum absolute atomic E-state index is 0.0265. The van der Waals surface area contributed by atoms with Crippen molar-refractivity contribution in [3.63, 3.8) is 0 Å². The van der Waals surface area contributed by atoms with Crippen molar-refractivity contribution in [1.82, 2.24) is 5.32 Å². The summed E-state index contributed by atoms with van der Waals surface area (Å²) in [4.78, 5) is 0. The lowest BCUT2D eigenvalue weighted by molar-refractivity contribution is 0.513. The lowest BCUT2D eigenvalue weighted by Crippen LogP contribution is -2.24. The van der Waals surface area contributed by atoms with Crippen LogP contribution in [0.5, 0.6) is 0 Å². The van der Waals surface area contributed by atoms with Crippen molar-refractivity contribution in [1.29, 1.82) is 0 Å². The number of rotatable bonds is 6. The molecule has 0 saturated heterocycles. The third-order valence-corrected chi connectivity index (χ3v) is 4.15. The van der Waals surface area contributed by atoms with Crippen LogP contribution in [0.25, 0.3) is 0 Å². The van der Waals surface area contributed by atoms with Crippen molar-refractivity contribution in [2.75, 3.05) is 6.54 Å². The molecule has 1 N–H and O–H groups in total. The molecule has 2 aromatic rings. The number of hydrogen-bond donors (Lipinski definition) is 1. The van der Waals surface area contributed by atoms with Gasteiger partial charge in [0.15, 0.2) is 5.22 Å². The quantitative estimate of drug-likeness (QED) is 0.753. The first-order valence-electron chi connectivity index (χ1n) is 6.52. The zero-order chi connectivity index (χ0) is 14.5. The van der Waals surface area contributed by atoms with Gasteiger partial charge in [0.1, 0.15) is 0 Å². The van der Waals surface area contributed by atoms with Gasteiger partial charge in [-0.2, -0.15) is 0 Å². The molecule has 0 saturated carbocycles. The Balaban J connectivity index is 2.26. The van der Waals surface area contributed by atoms with E-state index in [9.17, 15) is 0 Å². The van der Waals surface area contributed by atoms with Crippen LogP contribution in [0, 0.1) is 0 Å². The van der Waals surface area contributed by atoms with Gasteiger partial charge >= 0.3 is 0 Å². The van der Waals surface area contributed by atoms with Gasteiger partial charge < -0.3 is 9.73 Å². The Bertz CT molecular complexity index is 548. The molecule has 1 unspecified atom stereocenters. The van der Waals surface area contributed by atoms with Crippen LogP contribution in [0.1, 0.15) is 30.5 Å². The van der Waals surface area contributed by atoms with Crippen LogP contribution in [0.2, 0.25) is 15.3 Å². The van der Waals surface area contributed by atoms with E-state index in [-0.39, 0.29) is 6.04 Å². The highest BCUT2D eigenvalue weighted by atomic mass is 35.5. The maximum atomic E-state index is 6.24. The van der Waals surface area contributed by atoms with E-state index in [1.807, 2.05) is 24.3 Å². The lowest BCUT2D eigenvalue weighted by Gasteiger charge is -2.19. The highest BCUT2D eigenvalue weighted by molar-refractivity contribution is 6.36. The Morgan fingerprint density at radius 3 is 2.40 bits per heavy atom. The van der Waals surface area contributed by atoms with Gasteiger partial charge in [-0.15, -0.1) is 0 Å². The van der Waals surface area contributed by atoms with Gasteiger partial charge in [-0.25, -0.2) is 0 Å². The van der Waals surface area contributed by atoms with Gasteiger partial charge in [-0.05, 0) is 54.7 Å². The molecule has 0 radical (unpaired) electrons. The van der Waals surface area contributed by atoms with Crippen LogP contribution in [-0.4, -0.2) is 6.54 Å². The summed E-state index contributed by atoms with van der Waals surface area (Å²) >= 11 is 18.6. The first-order valence-corrected chi connectivity index (χ1v) is 7.66. The molecule has 108 valence electrons. The largest absolute Gasteiger partial charge is 0.453 e. The Kier molecular flexibility index (Phi) is 5.79. The summed E-state index contributed by atoms with van der Waals surface area (Å²) in [6.07, 6.45) is 3.28. The smallest absolute Gasteiger partial charge is 0.197 e. The number of hydrogen-bond acceptors (Lipinski definition) is 2. The van der Waals surface area contributed by atoms with E-state index in [1.165, 1.54) is 0 Å². The summed E-state index contributed by atoms with van der Waals surface area (Å²) in [7, 11) is 0. The van der Waals surface area contributed by atoms with Gasteiger partial charge in [0.05, 0.1) is 6.26 Å². The van der Waals surface area contributed by atoms with E-state index >= 15 is 0 Å². The van der Waals surface area contributed by atoms with Gasteiger partial charge in [-0.1, -0.05) is 36.2 Å². The van der Waals surface area contributed by atoms with E-state index < -0.39 is 0 Å². The normalized spacial score (nSPS) is 12.6. The van der Waals surface area contributed by atoms with Crippen molar-refractivity contribution in [2.45, 2.75) is 25.8 Å². The molecule has 0 fully saturated rings. The first-order chi connectivity index (χ1) is 9.63. The average molecular weight is 333 g/mol. The van der Waals surface area contributed by atoms with Crippen molar-refractivity contribution in [3.8, 4) is 0 Å². The number of nitrogens with one attached hydrogen (secondary N) is 1. The van der Waals surface area contributed by atoms with Gasteiger partial charge in [0, 0.05) is 21.7 Å². The molecule has 0 bridgehead atoms. The minimum Gasteiger partial charge on any atom is -0.453 e. The monoisotopic (exact) mass is 331 g/mol. The summed E-state index contributed by atoms with van der Waals surface area (Å²) in [6.45, 7) is 3.00. The molecule has 0 aliphatic rings. The fourth-order valence-corrected chi connectivity index (χ4v) is 2.89. The molecule has 1 heterocycles. The Morgan fingerprint density at radius 1 is 1.15 bits per heavy atom. The van der Waals surface area contributed by atoms with Crippen molar-refractivity contribution in [2.24, 2.45) is 0 Å². The standard InChI is InChI=1S/C15H16Cl3NO/c1-2-7-19-14(10-6-8-20-15(10)18)9-11-12(16)4-3-5-13(11)17/h3-6,8,14,19H,2,7,9H2,1H3. The van der Waals surface area contributed by atoms with Crippen molar-refractivity contribution in [3.05, 3.63) is 56.9 Å². The molecule has 5 heteroatoms. The molecule has 0 spiro atoms. The third-order valence-electron chi connectivity index (χ3n) is 3.13. The van der Waals surface area contributed by atoms with Crippen LogP contribution < -0.4 is 5.32 Å². The molecular weight excluding hydrogens is 317 g/mol. The topological polar surface area (TPSA) is 25.2 Å². The molecule has 0 amide bonds. The highest BCUT2D eigenvalue weighted by Crippen LogP contribution is 2.32. The van der Waals surface area contributed by atoms with E-state index in [4.69, 9.17) is 39.2 Å². The predicted octanol–water partition coefficient (Wildman–Crippen LogP) is 5.52. The lowest BCUT2D eigenvalue weighted by atomic mass is 10.0. The summed E-state index contributed by atoms with van der Waals surface area (Å²) in [5.74, 6) is 0. The maximum Gasteiger partial charge on any atom is 0.197 e. The molecule has 20 heavy (non-hydrogen) atoms. The predicted molar refractivity (Wildman–Crippen MR) is 84.9 cm³/mol. The summed E-state index contributed by atoms with van der Waals surface area (Å²) < 4.78 is 5.18. The molecule has 0 aliphatic heterocycles. The van der Waals surface area contributed by atoms with Crippen LogP contribution in [-0.2, 0) is 6.42 Å². The summed E-state index contributed by atoms with van der Waals surface area (Å²) in [5.41, 5.74) is 1.85. The van der Waals surface area contributed by atoms with Crippen LogP contribution in [0.3, 0.4) is 0 Å². The zero-order valence-corrected chi connectivity index (χ0v) is 13.4.